The third-order valence-electron chi connectivity index (χ3n) is 4.13. The molecule has 0 radical (unpaired) electrons. The van der Waals surface area contributed by atoms with Crippen LogP contribution in [-0.2, 0) is 11.0 Å². The molecular formula is C14H28N2OSi. The SMILES string of the molecule is Cc1cnn(CCCO[Si](C)(C)C(C)(C)C)c1C. The maximum atomic E-state index is 6.16. The predicted octanol–water partition coefficient (Wildman–Crippen LogP) is 3.91. The van der Waals surface area contributed by atoms with Crippen LogP contribution in [0.1, 0.15) is 38.4 Å². The molecule has 0 aliphatic rings. The second kappa shape index (κ2) is 5.57. The normalized spacial score (nSPS) is 13.1. The standard InChI is InChI=1S/C14H28N2OSi/c1-12-11-15-16(13(12)2)9-8-10-17-18(6,7)14(3,4)5/h11H,8-10H2,1-7H3. The van der Waals surface area contributed by atoms with Crippen LogP contribution in [0.4, 0.5) is 0 Å². The molecule has 0 bridgehead atoms. The monoisotopic (exact) mass is 268 g/mol. The number of aromatic nitrogens is 2. The fraction of sp³-hybridized carbons (Fsp3) is 0.786. The molecule has 0 aromatic carbocycles. The Morgan fingerprint density at radius 3 is 2.33 bits per heavy atom. The Balaban J connectivity index is 2.38. The number of aryl methyl sites for hydroxylation is 2. The van der Waals surface area contributed by atoms with Gasteiger partial charge in [0.2, 0.25) is 0 Å². The number of nitrogens with zero attached hydrogens (tertiary/aromatic N) is 2. The lowest BCUT2D eigenvalue weighted by Gasteiger charge is -2.36. The zero-order chi connectivity index (χ0) is 14.0. The first-order chi connectivity index (χ1) is 8.15. The van der Waals surface area contributed by atoms with Crippen molar-refractivity contribution in [1.82, 2.24) is 9.78 Å². The van der Waals surface area contributed by atoms with Crippen LogP contribution in [0.15, 0.2) is 6.20 Å². The molecule has 104 valence electrons. The molecule has 1 aromatic rings. The average Bonchev–Trinajstić information content (AvgIpc) is 2.54. The Kier molecular flexibility index (Phi) is 4.78. The van der Waals surface area contributed by atoms with Crippen molar-refractivity contribution in [2.45, 2.75) is 65.7 Å². The Morgan fingerprint density at radius 2 is 1.89 bits per heavy atom. The predicted molar refractivity (Wildman–Crippen MR) is 79.5 cm³/mol. The smallest absolute Gasteiger partial charge is 0.191 e. The molecule has 1 aromatic heterocycles. The molecule has 0 fully saturated rings. The van der Waals surface area contributed by atoms with Crippen molar-refractivity contribution in [3.05, 3.63) is 17.5 Å². The molecule has 0 saturated carbocycles. The van der Waals surface area contributed by atoms with E-state index in [4.69, 9.17) is 4.43 Å². The van der Waals surface area contributed by atoms with Crippen molar-refractivity contribution in [1.29, 1.82) is 0 Å². The Morgan fingerprint density at radius 1 is 1.28 bits per heavy atom. The minimum atomic E-state index is -1.58. The summed E-state index contributed by atoms with van der Waals surface area (Å²) in [6.07, 6.45) is 2.97. The van der Waals surface area contributed by atoms with Gasteiger partial charge < -0.3 is 4.43 Å². The summed E-state index contributed by atoms with van der Waals surface area (Å²) in [5, 5.41) is 4.67. The van der Waals surface area contributed by atoms with Crippen LogP contribution in [0.2, 0.25) is 18.1 Å². The van der Waals surface area contributed by atoms with E-state index < -0.39 is 8.32 Å². The zero-order valence-electron chi connectivity index (χ0n) is 13.0. The summed E-state index contributed by atoms with van der Waals surface area (Å²) < 4.78 is 8.23. The molecule has 18 heavy (non-hydrogen) atoms. The topological polar surface area (TPSA) is 27.1 Å². The van der Waals surface area contributed by atoms with Crippen molar-refractivity contribution < 1.29 is 4.43 Å². The third kappa shape index (κ3) is 3.69. The molecule has 0 amide bonds. The first-order valence-corrected chi connectivity index (χ1v) is 9.69. The summed E-state index contributed by atoms with van der Waals surface area (Å²) >= 11 is 0. The van der Waals surface area contributed by atoms with Gasteiger partial charge in [0, 0.05) is 18.8 Å². The van der Waals surface area contributed by atoms with Crippen LogP contribution in [0.3, 0.4) is 0 Å². The zero-order valence-corrected chi connectivity index (χ0v) is 14.0. The maximum Gasteiger partial charge on any atom is 0.191 e. The van der Waals surface area contributed by atoms with Gasteiger partial charge in [-0.25, -0.2) is 0 Å². The molecule has 3 nitrogen and oxygen atoms in total. The lowest BCUT2D eigenvalue weighted by molar-refractivity contribution is 0.272. The number of rotatable bonds is 5. The van der Waals surface area contributed by atoms with Crippen LogP contribution < -0.4 is 0 Å². The molecule has 0 aliphatic heterocycles. The Bertz CT molecular complexity index is 391. The molecular weight excluding hydrogens is 240 g/mol. The first-order valence-electron chi connectivity index (χ1n) is 6.78. The highest BCUT2D eigenvalue weighted by Gasteiger charge is 2.36. The van der Waals surface area contributed by atoms with E-state index in [1.807, 2.05) is 6.20 Å². The minimum absolute atomic E-state index is 0.297. The van der Waals surface area contributed by atoms with Gasteiger partial charge in [-0.2, -0.15) is 5.10 Å². The lowest BCUT2D eigenvalue weighted by atomic mass is 10.2. The van der Waals surface area contributed by atoms with Crippen LogP contribution in [0, 0.1) is 13.8 Å². The van der Waals surface area contributed by atoms with Gasteiger partial charge in [0.15, 0.2) is 8.32 Å². The fourth-order valence-corrected chi connectivity index (χ4v) is 2.61. The van der Waals surface area contributed by atoms with Crippen molar-refractivity contribution in [2.75, 3.05) is 6.61 Å². The second-order valence-electron chi connectivity index (χ2n) is 6.60. The van der Waals surface area contributed by atoms with Crippen LogP contribution in [0.5, 0.6) is 0 Å². The van der Waals surface area contributed by atoms with E-state index in [1.54, 1.807) is 0 Å². The van der Waals surface area contributed by atoms with Gasteiger partial charge in [-0.1, -0.05) is 20.8 Å². The number of hydrogen-bond donors (Lipinski definition) is 0. The summed E-state index contributed by atoms with van der Waals surface area (Å²) in [4.78, 5) is 0. The number of hydrogen-bond acceptors (Lipinski definition) is 2. The van der Waals surface area contributed by atoms with Crippen molar-refractivity contribution >= 4 is 8.32 Å². The lowest BCUT2D eigenvalue weighted by Crippen LogP contribution is -2.41. The molecule has 0 atom stereocenters. The molecule has 0 N–H and O–H groups in total. The van der Waals surface area contributed by atoms with E-state index >= 15 is 0 Å². The molecule has 0 unspecified atom stereocenters. The van der Waals surface area contributed by atoms with E-state index in [0.717, 1.165) is 19.6 Å². The molecule has 1 rings (SSSR count). The van der Waals surface area contributed by atoms with Gasteiger partial charge in [-0.15, -0.1) is 0 Å². The summed E-state index contributed by atoms with van der Waals surface area (Å²) in [7, 11) is -1.58. The van der Waals surface area contributed by atoms with Crippen LogP contribution in [0.25, 0.3) is 0 Å². The van der Waals surface area contributed by atoms with E-state index in [-0.39, 0.29) is 0 Å². The van der Waals surface area contributed by atoms with Crippen molar-refractivity contribution in [2.24, 2.45) is 0 Å². The molecule has 0 spiro atoms. The first kappa shape index (κ1) is 15.4. The third-order valence-corrected chi connectivity index (χ3v) is 8.67. The summed E-state index contributed by atoms with van der Waals surface area (Å²) in [5.41, 5.74) is 2.53. The van der Waals surface area contributed by atoms with E-state index in [9.17, 15) is 0 Å². The highest BCUT2D eigenvalue weighted by atomic mass is 28.4. The summed E-state index contributed by atoms with van der Waals surface area (Å²) in [6, 6.07) is 0. The molecule has 0 aliphatic carbocycles. The molecule has 0 saturated heterocycles. The van der Waals surface area contributed by atoms with E-state index in [2.05, 4.69) is 57.5 Å². The molecule has 4 heteroatoms. The van der Waals surface area contributed by atoms with Gasteiger partial charge in [-0.05, 0) is 44.0 Å². The van der Waals surface area contributed by atoms with Gasteiger partial charge in [0.05, 0.1) is 6.20 Å². The fourth-order valence-electron chi connectivity index (χ4n) is 1.52. The summed E-state index contributed by atoms with van der Waals surface area (Å²) in [5.74, 6) is 0. The molecule has 1 heterocycles. The minimum Gasteiger partial charge on any atom is -0.417 e. The van der Waals surface area contributed by atoms with Crippen LogP contribution >= 0.6 is 0 Å². The quantitative estimate of drug-likeness (QED) is 0.598. The Labute approximate surface area is 113 Å². The summed E-state index contributed by atoms with van der Waals surface area (Å²) in [6.45, 7) is 17.5. The van der Waals surface area contributed by atoms with Gasteiger partial charge in [0.25, 0.3) is 0 Å². The maximum absolute atomic E-state index is 6.16. The van der Waals surface area contributed by atoms with E-state index in [0.29, 0.717) is 5.04 Å². The highest BCUT2D eigenvalue weighted by molar-refractivity contribution is 6.74. The average molecular weight is 268 g/mol. The largest absolute Gasteiger partial charge is 0.417 e. The second-order valence-corrected chi connectivity index (χ2v) is 11.4. The van der Waals surface area contributed by atoms with Crippen molar-refractivity contribution in [3.63, 3.8) is 0 Å². The van der Waals surface area contributed by atoms with Gasteiger partial charge in [-0.3, -0.25) is 4.68 Å². The highest BCUT2D eigenvalue weighted by Crippen LogP contribution is 2.36. The van der Waals surface area contributed by atoms with E-state index in [1.165, 1.54) is 11.3 Å². The van der Waals surface area contributed by atoms with Crippen LogP contribution in [-0.4, -0.2) is 24.7 Å². The van der Waals surface area contributed by atoms with Gasteiger partial charge >= 0.3 is 0 Å². The Hall–Kier alpha value is -0.613. The van der Waals surface area contributed by atoms with Crippen molar-refractivity contribution in [3.8, 4) is 0 Å². The van der Waals surface area contributed by atoms with Gasteiger partial charge in [0.1, 0.15) is 0 Å².